The molecule has 14 nitrogen and oxygen atoms in total. The number of nitrogens with one attached hydrogen (secondary N) is 1. The van der Waals surface area contributed by atoms with Crippen molar-refractivity contribution in [1.29, 1.82) is 0 Å². The number of isothiocyanates is 1. The van der Waals surface area contributed by atoms with Gasteiger partial charge >= 0.3 is 43.6 Å². The number of rotatable bonds is 13. The topological polar surface area (TPSA) is 228 Å². The summed E-state index contributed by atoms with van der Waals surface area (Å²) in [7, 11) is 0. The molecule has 19 heteroatoms. The molecule has 0 aromatic carbocycles. The van der Waals surface area contributed by atoms with E-state index in [4.69, 9.17) is 20.0 Å². The Morgan fingerprint density at radius 3 is 1.76 bits per heavy atom. The van der Waals surface area contributed by atoms with Crippen LogP contribution in [0.15, 0.2) is 96.3 Å². The zero-order valence-electron chi connectivity index (χ0n) is 33.1. The maximum absolute atomic E-state index is 12.7. The minimum absolute atomic E-state index is 0. The number of furan rings is 1. The van der Waals surface area contributed by atoms with Crippen molar-refractivity contribution in [2.75, 3.05) is 0 Å². The summed E-state index contributed by atoms with van der Waals surface area (Å²) in [4.78, 5) is 50.2. The number of carboxylic acids is 3. The third-order valence-electron chi connectivity index (χ3n) is 7.94. The van der Waals surface area contributed by atoms with Gasteiger partial charge in [0.05, 0.1) is 45.2 Å². The fourth-order valence-corrected chi connectivity index (χ4v) is 5.14. The Bertz CT molecular complexity index is 2390. The minimum Gasteiger partial charge on any atom is -0.753 e. The summed E-state index contributed by atoms with van der Waals surface area (Å²) in [5, 5.41) is 41.7. The predicted molar refractivity (Wildman–Crippen MR) is 226 cm³/mol. The van der Waals surface area contributed by atoms with E-state index in [0.717, 1.165) is 36.0 Å². The van der Waals surface area contributed by atoms with Crippen molar-refractivity contribution < 1.29 is 66.8 Å². The number of aromatic nitrogens is 6. The molecule has 62 heavy (non-hydrogen) atoms. The fraction of sp³-hybridized carbons (Fsp3) is 0.163. The summed E-state index contributed by atoms with van der Waals surface area (Å²) in [6.45, 7) is 9.18. The number of thiocarbonyl (C=S) groups is 1. The van der Waals surface area contributed by atoms with Crippen molar-refractivity contribution in [1.82, 2.24) is 30.1 Å². The van der Waals surface area contributed by atoms with Crippen molar-refractivity contribution in [3.63, 3.8) is 0 Å². The summed E-state index contributed by atoms with van der Waals surface area (Å²) in [6, 6.07) is 15.9. The first-order valence-electron chi connectivity index (χ1n) is 17.6. The number of nitrogens with zero attached hydrogens (tertiary/aromatic N) is 6. The molecule has 0 atom stereocenters. The van der Waals surface area contributed by atoms with Crippen molar-refractivity contribution in [2.45, 2.75) is 45.2 Å². The quantitative estimate of drug-likeness (QED) is 0.0278. The third kappa shape index (κ3) is 16.3. The van der Waals surface area contributed by atoms with E-state index in [0.29, 0.717) is 5.69 Å². The van der Waals surface area contributed by atoms with Crippen molar-refractivity contribution >= 4 is 47.4 Å². The second kappa shape index (κ2) is 26.4. The van der Waals surface area contributed by atoms with E-state index in [-0.39, 0.29) is 72.1 Å². The van der Waals surface area contributed by atoms with Crippen LogP contribution in [0.4, 0.5) is 13.2 Å². The normalized spacial score (nSPS) is 10.2. The van der Waals surface area contributed by atoms with Crippen LogP contribution in [0.25, 0.3) is 51.7 Å². The summed E-state index contributed by atoms with van der Waals surface area (Å²) in [6.07, 6.45) is 8.97. The van der Waals surface area contributed by atoms with Crippen LogP contribution >= 0.6 is 12.2 Å². The first-order chi connectivity index (χ1) is 28.7. The number of H-pyrrole nitrogens is 1. The maximum atomic E-state index is 12.7. The summed E-state index contributed by atoms with van der Waals surface area (Å²) < 4.78 is 43.9. The van der Waals surface area contributed by atoms with E-state index in [9.17, 15) is 32.7 Å². The molecule has 0 unspecified atom stereocenters. The summed E-state index contributed by atoms with van der Waals surface area (Å²) in [5.74, 6) is -1.86. The molecule has 6 heterocycles. The molecule has 0 saturated carbocycles. The van der Waals surface area contributed by atoms with E-state index in [2.05, 4.69) is 57.3 Å². The van der Waals surface area contributed by atoms with E-state index >= 15 is 0 Å². The predicted octanol–water partition coefficient (Wildman–Crippen LogP) is 10.4. The molecule has 4 N–H and O–H groups in total. The Morgan fingerprint density at radius 1 is 0.774 bits per heavy atom. The van der Waals surface area contributed by atoms with Crippen molar-refractivity contribution in [3.8, 4) is 34.2 Å². The Balaban J connectivity index is 0.000000546. The molecule has 0 bridgehead atoms. The molecular formula is C43H39F3N7O7RuS. The number of aromatic carboxylic acids is 3. The molecule has 0 fully saturated rings. The van der Waals surface area contributed by atoms with Gasteiger partial charge in [0, 0.05) is 25.0 Å². The van der Waals surface area contributed by atoms with Crippen LogP contribution in [0.2, 0.25) is 0 Å². The first-order valence-corrected chi connectivity index (χ1v) is 18.1. The van der Waals surface area contributed by atoms with Gasteiger partial charge in [0.1, 0.15) is 22.9 Å². The van der Waals surface area contributed by atoms with Crippen LogP contribution < -0.4 is 0 Å². The van der Waals surface area contributed by atoms with E-state index in [1.807, 2.05) is 29.4 Å². The molecule has 0 spiro atoms. The standard InChI is InChI=1S/C21H22F3N3O.C18H11N3O6.C2H3.CNS.CH3.Ru/c1-2-3-4-5-6-16-9-10-17(28-16)8-7-15-11-12-25-18(13-15)19-14-20(27-26-19)21(22,23)24;22-16(23)9-1-3-19-12(5-9)14-7-11(18(26)27)8-15(21-14)13-6-10(17(24)25)2-4-20-13;1-2;2-1-3;;/h7-14H,2-6H2,1H3,(H,26,27);1-8H,(H,22,23)(H,24,25)(H,26,27);1H,2H2;;1H3;/q;;3*-1;+3/b8-7+;;;;;. The number of halogens is 3. The maximum Gasteiger partial charge on any atom is 3.00 e. The third-order valence-corrected chi connectivity index (χ3v) is 7.94. The van der Waals surface area contributed by atoms with Gasteiger partial charge in [0.25, 0.3) is 0 Å². The molecule has 0 aliphatic rings. The number of hydrogen-bond acceptors (Lipinski definition) is 10. The molecular weight excluding hydrogens is 917 g/mol. The van der Waals surface area contributed by atoms with Gasteiger partial charge in [-0.1, -0.05) is 44.5 Å². The summed E-state index contributed by atoms with van der Waals surface area (Å²) in [5.41, 5.74) is 0.785. The molecule has 6 rings (SSSR count). The molecule has 0 aliphatic heterocycles. The number of hydrogen-bond donors (Lipinski definition) is 4. The second-order valence-electron chi connectivity index (χ2n) is 12.1. The number of pyridine rings is 4. The van der Waals surface area contributed by atoms with Gasteiger partial charge in [-0.05, 0) is 84.8 Å². The Hall–Kier alpha value is -6.81. The average molecular weight is 956 g/mol. The Labute approximate surface area is 373 Å². The summed E-state index contributed by atoms with van der Waals surface area (Å²) >= 11 is 3.70. The molecule has 0 aliphatic carbocycles. The van der Waals surface area contributed by atoms with Crippen LogP contribution in [0.3, 0.4) is 0 Å². The monoisotopic (exact) mass is 956 g/mol. The number of carboxylic acid groups (broad SMARTS) is 3. The van der Waals surface area contributed by atoms with Crippen LogP contribution in [-0.2, 0) is 32.1 Å². The molecule has 0 amide bonds. The van der Waals surface area contributed by atoms with E-state index in [1.54, 1.807) is 12.1 Å². The first kappa shape index (κ1) is 53.2. The molecule has 323 valence electrons. The van der Waals surface area contributed by atoms with Crippen molar-refractivity contribution in [3.05, 3.63) is 151 Å². The van der Waals surface area contributed by atoms with Gasteiger partial charge in [-0.3, -0.25) is 26.6 Å². The van der Waals surface area contributed by atoms with Crippen molar-refractivity contribution in [2.24, 2.45) is 0 Å². The number of carbonyl (C=O) groups is 3. The zero-order valence-corrected chi connectivity index (χ0v) is 35.7. The van der Waals surface area contributed by atoms with Crippen LogP contribution in [0, 0.1) is 14.0 Å². The Morgan fingerprint density at radius 2 is 1.27 bits per heavy atom. The van der Waals surface area contributed by atoms with Crippen LogP contribution in [0.1, 0.15) is 86.5 Å². The zero-order chi connectivity index (χ0) is 44.2. The smallest absolute Gasteiger partial charge is 0.753 e. The number of alkyl halides is 3. The Kier molecular flexibility index (Phi) is 22.7. The van der Waals surface area contributed by atoms with Gasteiger partial charge in [-0.2, -0.15) is 23.4 Å². The fourth-order valence-electron chi connectivity index (χ4n) is 5.14. The van der Waals surface area contributed by atoms with Crippen LogP contribution in [0.5, 0.6) is 0 Å². The van der Waals surface area contributed by atoms with Gasteiger partial charge in [-0.15, -0.1) is 0 Å². The minimum atomic E-state index is -4.46. The van der Waals surface area contributed by atoms with E-state index in [1.165, 1.54) is 79.4 Å². The molecule has 6 aromatic rings. The number of aromatic amines is 1. The molecule has 6 aromatic heterocycles. The average Bonchev–Trinajstić information content (AvgIpc) is 3.94. The molecule has 0 saturated heterocycles. The van der Waals surface area contributed by atoms with Gasteiger partial charge in [0.2, 0.25) is 0 Å². The number of unbranched alkanes of at least 4 members (excludes halogenated alkanes) is 3. The SMILES string of the molecule is CCCCCCc1ccc(/C=C/c2ccnc(-c3cc(C(F)(F)F)[nH]n3)c2)o1.O=C(O)c1ccnc(-c2cc(C(=O)O)cc(-c3cc(C(=O)O)ccn3)n2)c1.[CH-]=C.[CH3-].[N-]=C=S.[Ru+3]. The van der Waals surface area contributed by atoms with Gasteiger partial charge in [0.15, 0.2) is 0 Å². The number of aryl methyl sites for hydroxylation is 1. The largest absolute Gasteiger partial charge is 3.00 e. The second-order valence-corrected chi connectivity index (χ2v) is 12.3. The van der Waals surface area contributed by atoms with Crippen LogP contribution in [-0.4, -0.2) is 68.5 Å². The molecule has 1 radical (unpaired) electrons. The van der Waals surface area contributed by atoms with Gasteiger partial charge < -0.3 is 39.2 Å². The van der Waals surface area contributed by atoms with E-state index < -0.39 is 29.8 Å². The van der Waals surface area contributed by atoms with Gasteiger partial charge in [-0.25, -0.2) is 19.4 Å².